The molecular weight excluding hydrogens is 254 g/mol. The summed E-state index contributed by atoms with van der Waals surface area (Å²) >= 11 is 1.66. The lowest BCUT2D eigenvalue weighted by Gasteiger charge is -2.10. The van der Waals surface area contributed by atoms with Crippen LogP contribution in [0.1, 0.15) is 13.8 Å². The second-order valence-electron chi connectivity index (χ2n) is 5.13. The maximum absolute atomic E-state index is 4.70. The Bertz CT molecular complexity index is 731. The van der Waals surface area contributed by atoms with Gasteiger partial charge < -0.3 is 4.57 Å². The van der Waals surface area contributed by atoms with Crippen molar-refractivity contribution in [1.82, 2.24) is 14.5 Å². The van der Waals surface area contributed by atoms with Crippen molar-refractivity contribution in [1.29, 1.82) is 0 Å². The first-order chi connectivity index (χ1) is 9.20. The maximum atomic E-state index is 4.70. The molecule has 0 saturated carbocycles. The van der Waals surface area contributed by atoms with Crippen molar-refractivity contribution in [3.05, 3.63) is 30.6 Å². The number of benzene rings is 1. The lowest BCUT2D eigenvalue weighted by Crippen LogP contribution is -2.03. The van der Waals surface area contributed by atoms with E-state index in [0.717, 1.165) is 22.6 Å². The lowest BCUT2D eigenvalue weighted by molar-refractivity contribution is 0.533. The topological polar surface area (TPSA) is 30.7 Å². The number of hydrogen-bond acceptors (Lipinski definition) is 3. The van der Waals surface area contributed by atoms with Crippen molar-refractivity contribution in [3.63, 3.8) is 0 Å². The Balaban J connectivity index is 2.39. The van der Waals surface area contributed by atoms with E-state index in [2.05, 4.69) is 47.9 Å². The standard InChI is InChI=1S/C15H17N3S/c1-10(2)8-18-9-16-13-14(18)11-6-4-5-7-12(11)17-15(13)19-3/h4-7,9-10H,8H2,1-3H3. The average molecular weight is 271 g/mol. The second-order valence-corrected chi connectivity index (χ2v) is 5.92. The molecular formula is C15H17N3S. The molecule has 4 heteroatoms. The van der Waals surface area contributed by atoms with E-state index < -0.39 is 0 Å². The molecule has 3 aromatic rings. The van der Waals surface area contributed by atoms with Gasteiger partial charge in [-0.15, -0.1) is 11.8 Å². The Kier molecular flexibility index (Phi) is 3.19. The molecule has 0 bridgehead atoms. The third-order valence-corrected chi connectivity index (χ3v) is 3.85. The summed E-state index contributed by atoms with van der Waals surface area (Å²) in [6.07, 6.45) is 4.00. The molecule has 0 spiro atoms. The van der Waals surface area contributed by atoms with Crippen molar-refractivity contribution in [3.8, 4) is 0 Å². The molecule has 0 unspecified atom stereocenters. The summed E-state index contributed by atoms with van der Waals surface area (Å²) in [4.78, 5) is 9.27. The van der Waals surface area contributed by atoms with Gasteiger partial charge >= 0.3 is 0 Å². The smallest absolute Gasteiger partial charge is 0.124 e. The Labute approximate surface area is 117 Å². The SMILES string of the molecule is CSc1nc2ccccc2c2c1ncn2CC(C)C. The van der Waals surface area contributed by atoms with Crippen LogP contribution in [0.25, 0.3) is 21.9 Å². The van der Waals surface area contributed by atoms with E-state index in [0.29, 0.717) is 5.92 Å². The van der Waals surface area contributed by atoms with Crippen LogP contribution < -0.4 is 0 Å². The van der Waals surface area contributed by atoms with Crippen LogP contribution in [0, 0.1) is 5.92 Å². The van der Waals surface area contributed by atoms with E-state index in [1.54, 1.807) is 11.8 Å². The first-order valence-corrected chi connectivity index (χ1v) is 7.70. The predicted molar refractivity (Wildman–Crippen MR) is 81.7 cm³/mol. The summed E-state index contributed by atoms with van der Waals surface area (Å²) < 4.78 is 2.25. The normalized spacial score (nSPS) is 11.8. The molecule has 0 amide bonds. The monoisotopic (exact) mass is 271 g/mol. The number of para-hydroxylation sites is 1. The van der Waals surface area contributed by atoms with Gasteiger partial charge in [0.2, 0.25) is 0 Å². The number of pyridine rings is 1. The van der Waals surface area contributed by atoms with Crippen molar-refractivity contribution in [2.24, 2.45) is 5.92 Å². The predicted octanol–water partition coefficient (Wildman–Crippen LogP) is 3.96. The van der Waals surface area contributed by atoms with Gasteiger partial charge in [0.05, 0.1) is 17.4 Å². The Hall–Kier alpha value is -1.55. The summed E-state index contributed by atoms with van der Waals surface area (Å²) in [6, 6.07) is 8.30. The molecule has 98 valence electrons. The minimum Gasteiger partial charge on any atom is -0.330 e. The summed E-state index contributed by atoms with van der Waals surface area (Å²) in [6.45, 7) is 5.44. The Morgan fingerprint density at radius 2 is 2.05 bits per heavy atom. The molecule has 0 atom stereocenters. The number of hydrogen-bond donors (Lipinski definition) is 0. The molecule has 0 fully saturated rings. The summed E-state index contributed by atoms with van der Waals surface area (Å²) in [5.74, 6) is 0.599. The summed E-state index contributed by atoms with van der Waals surface area (Å²) in [5, 5.41) is 2.20. The van der Waals surface area contributed by atoms with E-state index in [4.69, 9.17) is 4.98 Å². The minimum absolute atomic E-state index is 0.599. The highest BCUT2D eigenvalue weighted by molar-refractivity contribution is 7.98. The van der Waals surface area contributed by atoms with Gasteiger partial charge in [0.25, 0.3) is 0 Å². The van der Waals surface area contributed by atoms with Gasteiger partial charge in [0, 0.05) is 11.9 Å². The van der Waals surface area contributed by atoms with Gasteiger partial charge in [0.1, 0.15) is 10.5 Å². The van der Waals surface area contributed by atoms with Crippen molar-refractivity contribution < 1.29 is 0 Å². The number of aromatic nitrogens is 3. The van der Waals surface area contributed by atoms with Gasteiger partial charge in [-0.25, -0.2) is 9.97 Å². The number of rotatable bonds is 3. The van der Waals surface area contributed by atoms with E-state index in [-0.39, 0.29) is 0 Å². The molecule has 3 rings (SSSR count). The number of fused-ring (bicyclic) bond motifs is 3. The fourth-order valence-electron chi connectivity index (χ4n) is 2.43. The summed E-state index contributed by atoms with van der Waals surface area (Å²) in [7, 11) is 0. The molecule has 0 aliphatic rings. The van der Waals surface area contributed by atoms with Crippen molar-refractivity contribution in [2.45, 2.75) is 25.4 Å². The van der Waals surface area contributed by atoms with Crippen LogP contribution in [0.2, 0.25) is 0 Å². The molecule has 1 aromatic carbocycles. The Morgan fingerprint density at radius 3 is 2.79 bits per heavy atom. The van der Waals surface area contributed by atoms with Crippen molar-refractivity contribution in [2.75, 3.05) is 6.26 Å². The molecule has 0 N–H and O–H groups in total. The molecule has 2 aromatic heterocycles. The largest absolute Gasteiger partial charge is 0.330 e. The van der Waals surface area contributed by atoms with Crippen LogP contribution in [-0.4, -0.2) is 20.8 Å². The fourth-order valence-corrected chi connectivity index (χ4v) is 2.96. The molecule has 0 radical (unpaired) electrons. The van der Waals surface area contributed by atoms with E-state index in [1.807, 2.05) is 12.4 Å². The van der Waals surface area contributed by atoms with Gasteiger partial charge in [-0.2, -0.15) is 0 Å². The zero-order valence-corrected chi connectivity index (χ0v) is 12.2. The van der Waals surface area contributed by atoms with Crippen LogP contribution in [0.3, 0.4) is 0 Å². The molecule has 2 heterocycles. The van der Waals surface area contributed by atoms with E-state index in [9.17, 15) is 0 Å². The van der Waals surface area contributed by atoms with Crippen molar-refractivity contribution >= 4 is 33.7 Å². The van der Waals surface area contributed by atoms with Crippen LogP contribution >= 0.6 is 11.8 Å². The second kappa shape index (κ2) is 4.85. The fraction of sp³-hybridized carbons (Fsp3) is 0.333. The molecule has 0 aliphatic heterocycles. The third kappa shape index (κ3) is 2.10. The molecule has 19 heavy (non-hydrogen) atoms. The summed E-state index contributed by atoms with van der Waals surface area (Å²) in [5.41, 5.74) is 3.28. The van der Waals surface area contributed by atoms with E-state index in [1.165, 1.54) is 10.9 Å². The van der Waals surface area contributed by atoms with Gasteiger partial charge in [-0.3, -0.25) is 0 Å². The zero-order chi connectivity index (χ0) is 13.4. The molecule has 0 aliphatic carbocycles. The third-order valence-electron chi connectivity index (χ3n) is 3.18. The van der Waals surface area contributed by atoms with Crippen LogP contribution in [0.4, 0.5) is 0 Å². The first kappa shape index (κ1) is 12.5. The number of imidazole rings is 1. The highest BCUT2D eigenvalue weighted by Gasteiger charge is 2.13. The first-order valence-electron chi connectivity index (χ1n) is 6.48. The quantitative estimate of drug-likeness (QED) is 0.675. The van der Waals surface area contributed by atoms with Gasteiger partial charge in [-0.1, -0.05) is 32.0 Å². The van der Waals surface area contributed by atoms with Crippen LogP contribution in [0.5, 0.6) is 0 Å². The highest BCUT2D eigenvalue weighted by atomic mass is 32.2. The van der Waals surface area contributed by atoms with Crippen LogP contribution in [0.15, 0.2) is 35.6 Å². The zero-order valence-electron chi connectivity index (χ0n) is 11.4. The minimum atomic E-state index is 0.599. The van der Waals surface area contributed by atoms with Gasteiger partial charge in [-0.05, 0) is 18.2 Å². The Morgan fingerprint density at radius 1 is 1.26 bits per heavy atom. The van der Waals surface area contributed by atoms with Crippen LogP contribution in [-0.2, 0) is 6.54 Å². The molecule has 0 saturated heterocycles. The van der Waals surface area contributed by atoms with E-state index >= 15 is 0 Å². The van der Waals surface area contributed by atoms with Gasteiger partial charge in [0.15, 0.2) is 0 Å². The maximum Gasteiger partial charge on any atom is 0.124 e. The number of nitrogens with zero attached hydrogens (tertiary/aromatic N) is 3. The molecule has 3 nitrogen and oxygen atoms in total. The number of thioether (sulfide) groups is 1. The average Bonchev–Trinajstić information content (AvgIpc) is 2.81. The highest BCUT2D eigenvalue weighted by Crippen LogP contribution is 2.30. The lowest BCUT2D eigenvalue weighted by atomic mass is 10.1.